The van der Waals surface area contributed by atoms with Crippen molar-refractivity contribution in [3.8, 4) is 0 Å². The summed E-state index contributed by atoms with van der Waals surface area (Å²) in [6.07, 6.45) is 3.08. The van der Waals surface area contributed by atoms with E-state index in [4.69, 9.17) is 0 Å². The molecular weight excluding hydrogens is 348 g/mol. The van der Waals surface area contributed by atoms with Gasteiger partial charge in [0.1, 0.15) is 12.1 Å². The van der Waals surface area contributed by atoms with E-state index in [2.05, 4.69) is 10.6 Å². The van der Waals surface area contributed by atoms with Crippen molar-refractivity contribution in [2.75, 3.05) is 23.3 Å². The molecule has 2 saturated heterocycles. The van der Waals surface area contributed by atoms with Gasteiger partial charge >= 0.3 is 6.03 Å². The molecule has 2 N–H and O–H groups in total. The van der Waals surface area contributed by atoms with Crippen molar-refractivity contribution < 1.29 is 19.2 Å². The van der Waals surface area contributed by atoms with Crippen LogP contribution in [0.1, 0.15) is 32.6 Å². The first kappa shape index (κ1) is 17.5. The van der Waals surface area contributed by atoms with Crippen LogP contribution in [0.4, 0.5) is 16.2 Å². The molecule has 1 saturated carbocycles. The van der Waals surface area contributed by atoms with Crippen LogP contribution >= 0.6 is 0 Å². The van der Waals surface area contributed by atoms with Crippen LogP contribution in [-0.2, 0) is 14.4 Å². The molecule has 0 spiro atoms. The number of nitrogens with one attached hydrogen (secondary N) is 2. The summed E-state index contributed by atoms with van der Waals surface area (Å²) >= 11 is 0. The molecule has 4 rings (SSSR count). The predicted molar refractivity (Wildman–Crippen MR) is 98.0 cm³/mol. The zero-order chi connectivity index (χ0) is 19.2. The van der Waals surface area contributed by atoms with E-state index < -0.39 is 17.5 Å². The Labute approximate surface area is 156 Å². The van der Waals surface area contributed by atoms with E-state index in [0.717, 1.165) is 24.2 Å². The Bertz CT molecular complexity index is 835. The summed E-state index contributed by atoms with van der Waals surface area (Å²) in [4.78, 5) is 52.0. The molecule has 27 heavy (non-hydrogen) atoms. The number of nitrogens with zero attached hydrogens (tertiary/aromatic N) is 2. The number of para-hydroxylation sites is 2. The first-order valence-electron chi connectivity index (χ1n) is 9.23. The fraction of sp³-hybridized carbons (Fsp3) is 0.474. The Morgan fingerprint density at radius 3 is 2.67 bits per heavy atom. The number of hydrogen-bond acceptors (Lipinski definition) is 4. The first-order valence-corrected chi connectivity index (χ1v) is 9.23. The van der Waals surface area contributed by atoms with E-state index >= 15 is 0 Å². The fourth-order valence-corrected chi connectivity index (χ4v) is 3.85. The minimum atomic E-state index is -0.906. The number of benzene rings is 1. The Morgan fingerprint density at radius 2 is 2.00 bits per heavy atom. The van der Waals surface area contributed by atoms with Gasteiger partial charge in [0.25, 0.3) is 5.91 Å². The maximum atomic E-state index is 12.6. The van der Waals surface area contributed by atoms with Crippen LogP contribution in [0, 0.1) is 5.92 Å². The van der Waals surface area contributed by atoms with Crippen LogP contribution in [0.15, 0.2) is 24.3 Å². The molecule has 3 aliphatic rings. The molecule has 2 aliphatic heterocycles. The zero-order valence-corrected chi connectivity index (χ0v) is 15.2. The molecule has 0 aromatic heterocycles. The Hall–Kier alpha value is -2.90. The average Bonchev–Trinajstić information content (AvgIpc) is 3.38. The monoisotopic (exact) mass is 370 g/mol. The van der Waals surface area contributed by atoms with Crippen molar-refractivity contribution in [2.45, 2.75) is 38.1 Å². The van der Waals surface area contributed by atoms with Gasteiger partial charge in [0.05, 0.1) is 11.4 Å². The maximum Gasteiger partial charge on any atom is 0.325 e. The van der Waals surface area contributed by atoms with Crippen molar-refractivity contribution in [3.05, 3.63) is 24.3 Å². The Kier molecular flexibility index (Phi) is 4.13. The third-order valence-electron chi connectivity index (χ3n) is 5.54. The molecule has 2 heterocycles. The van der Waals surface area contributed by atoms with Gasteiger partial charge in [0.15, 0.2) is 0 Å². The Morgan fingerprint density at radius 1 is 1.26 bits per heavy atom. The summed E-state index contributed by atoms with van der Waals surface area (Å²) in [6.45, 7) is 1.98. The van der Waals surface area contributed by atoms with E-state index in [-0.39, 0.29) is 24.3 Å². The maximum absolute atomic E-state index is 12.6. The highest BCUT2D eigenvalue weighted by atomic mass is 16.2. The van der Waals surface area contributed by atoms with Crippen LogP contribution in [0.2, 0.25) is 0 Å². The van der Waals surface area contributed by atoms with E-state index in [0.29, 0.717) is 24.3 Å². The molecule has 0 radical (unpaired) electrons. The zero-order valence-electron chi connectivity index (χ0n) is 15.2. The molecule has 8 heteroatoms. The summed E-state index contributed by atoms with van der Waals surface area (Å²) < 4.78 is 0. The van der Waals surface area contributed by atoms with Gasteiger partial charge in [-0.3, -0.25) is 19.3 Å². The van der Waals surface area contributed by atoms with Gasteiger partial charge in [-0.2, -0.15) is 0 Å². The molecule has 0 unspecified atom stereocenters. The standard InChI is InChI=1S/C19H22N4O4/c1-19(12-8-9-12)17(26)23(18(27)21-19)11-15(24)20-13-5-2-3-6-14(13)22-10-4-7-16(22)25/h2-3,5-6,12H,4,7-11H2,1H3,(H,20,24)(H,21,27)/t19-/m1/s1. The van der Waals surface area contributed by atoms with E-state index in [1.54, 1.807) is 36.1 Å². The third kappa shape index (κ3) is 3.05. The first-order chi connectivity index (χ1) is 12.9. The lowest BCUT2D eigenvalue weighted by atomic mass is 9.96. The summed E-state index contributed by atoms with van der Waals surface area (Å²) in [5, 5.41) is 5.47. The molecule has 0 bridgehead atoms. The smallest absolute Gasteiger partial charge is 0.323 e. The quantitative estimate of drug-likeness (QED) is 0.767. The van der Waals surface area contributed by atoms with E-state index in [9.17, 15) is 19.2 Å². The van der Waals surface area contributed by atoms with Gasteiger partial charge in [-0.15, -0.1) is 0 Å². The second-order valence-electron chi connectivity index (χ2n) is 7.51. The minimum absolute atomic E-state index is 0.0194. The number of carbonyl (C=O) groups excluding carboxylic acids is 4. The van der Waals surface area contributed by atoms with Crippen molar-refractivity contribution in [1.29, 1.82) is 0 Å². The van der Waals surface area contributed by atoms with Gasteiger partial charge < -0.3 is 15.5 Å². The molecule has 5 amide bonds. The second kappa shape index (κ2) is 6.37. The number of carbonyl (C=O) groups is 4. The SMILES string of the molecule is C[C@]1(C2CC2)NC(=O)N(CC(=O)Nc2ccccc2N2CCCC2=O)C1=O. The molecule has 142 valence electrons. The van der Waals surface area contributed by atoms with Gasteiger partial charge in [0, 0.05) is 13.0 Å². The van der Waals surface area contributed by atoms with Crippen molar-refractivity contribution in [2.24, 2.45) is 5.92 Å². The fourth-order valence-electron chi connectivity index (χ4n) is 3.85. The predicted octanol–water partition coefficient (Wildman–Crippen LogP) is 1.47. The third-order valence-corrected chi connectivity index (χ3v) is 5.54. The summed E-state index contributed by atoms with van der Waals surface area (Å²) in [5.74, 6) is -0.666. The number of imide groups is 1. The summed E-state index contributed by atoms with van der Waals surface area (Å²) in [5.41, 5.74) is 0.222. The largest absolute Gasteiger partial charge is 0.325 e. The minimum Gasteiger partial charge on any atom is -0.323 e. The number of amides is 5. The van der Waals surface area contributed by atoms with Crippen LogP contribution in [0.25, 0.3) is 0 Å². The van der Waals surface area contributed by atoms with E-state index in [1.807, 2.05) is 0 Å². The van der Waals surface area contributed by atoms with E-state index in [1.165, 1.54) is 0 Å². The molecule has 1 aliphatic carbocycles. The van der Waals surface area contributed by atoms with Crippen molar-refractivity contribution in [3.63, 3.8) is 0 Å². The van der Waals surface area contributed by atoms with Gasteiger partial charge in [-0.1, -0.05) is 12.1 Å². The van der Waals surface area contributed by atoms with Crippen LogP contribution in [-0.4, -0.2) is 47.3 Å². The lowest BCUT2D eigenvalue weighted by Crippen LogP contribution is -2.46. The molecule has 3 fully saturated rings. The highest BCUT2D eigenvalue weighted by Crippen LogP contribution is 2.42. The van der Waals surface area contributed by atoms with Crippen LogP contribution in [0.5, 0.6) is 0 Å². The number of hydrogen-bond donors (Lipinski definition) is 2. The molecular formula is C19H22N4O4. The normalized spacial score (nSPS) is 25.1. The van der Waals surface area contributed by atoms with Crippen molar-refractivity contribution >= 4 is 35.1 Å². The van der Waals surface area contributed by atoms with Gasteiger partial charge in [-0.05, 0) is 44.2 Å². The average molecular weight is 370 g/mol. The van der Waals surface area contributed by atoms with Crippen molar-refractivity contribution in [1.82, 2.24) is 10.2 Å². The second-order valence-corrected chi connectivity index (χ2v) is 7.51. The molecule has 1 atom stereocenters. The lowest BCUT2D eigenvalue weighted by Gasteiger charge is -2.22. The summed E-state index contributed by atoms with van der Waals surface area (Å²) in [6, 6.07) is 6.51. The van der Waals surface area contributed by atoms with Gasteiger partial charge in [-0.25, -0.2) is 4.79 Å². The Balaban J connectivity index is 1.47. The highest BCUT2D eigenvalue weighted by molar-refractivity contribution is 6.11. The van der Waals surface area contributed by atoms with Crippen LogP contribution < -0.4 is 15.5 Å². The highest BCUT2D eigenvalue weighted by Gasteiger charge is 2.56. The topological polar surface area (TPSA) is 98.8 Å². The summed E-state index contributed by atoms with van der Waals surface area (Å²) in [7, 11) is 0. The number of urea groups is 1. The number of rotatable bonds is 5. The lowest BCUT2D eigenvalue weighted by molar-refractivity contribution is -0.134. The molecule has 8 nitrogen and oxygen atoms in total. The number of anilines is 2. The van der Waals surface area contributed by atoms with Gasteiger partial charge in [0.2, 0.25) is 11.8 Å². The molecule has 1 aromatic carbocycles. The molecule has 1 aromatic rings. The van der Waals surface area contributed by atoms with Crippen LogP contribution in [0.3, 0.4) is 0 Å².